The molecule has 3 rings (SSSR count). The molecule has 0 spiro atoms. The van der Waals surface area contributed by atoms with Gasteiger partial charge in [-0.25, -0.2) is 14.8 Å². The van der Waals surface area contributed by atoms with E-state index in [9.17, 15) is 14.4 Å². The van der Waals surface area contributed by atoms with Crippen LogP contribution >= 0.6 is 11.3 Å². The maximum atomic E-state index is 12.7. The van der Waals surface area contributed by atoms with Crippen LogP contribution in [0.2, 0.25) is 0 Å². The van der Waals surface area contributed by atoms with Crippen LogP contribution < -0.4 is 16.6 Å². The van der Waals surface area contributed by atoms with Crippen LogP contribution in [0, 0.1) is 6.92 Å². The van der Waals surface area contributed by atoms with Crippen LogP contribution in [0.4, 0.5) is 10.8 Å². The van der Waals surface area contributed by atoms with E-state index in [1.807, 2.05) is 6.92 Å². The molecule has 0 aliphatic carbocycles. The Hall–Kier alpha value is -3.01. The second kappa shape index (κ2) is 7.31. The zero-order valence-corrected chi connectivity index (χ0v) is 16.2. The molecule has 0 unspecified atom stereocenters. The number of pyridine rings is 1. The first kappa shape index (κ1) is 18.8. The molecule has 3 heterocycles. The predicted molar refractivity (Wildman–Crippen MR) is 103 cm³/mol. The lowest BCUT2D eigenvalue weighted by molar-refractivity contribution is -0.142. The van der Waals surface area contributed by atoms with Gasteiger partial charge in [-0.15, -0.1) is 11.3 Å². The zero-order valence-electron chi connectivity index (χ0n) is 15.4. The van der Waals surface area contributed by atoms with Gasteiger partial charge in [0.2, 0.25) is 0 Å². The summed E-state index contributed by atoms with van der Waals surface area (Å²) in [6.45, 7) is 3.88. The lowest BCUT2D eigenvalue weighted by Gasteiger charge is -2.13. The maximum Gasteiger partial charge on any atom is 0.332 e. The van der Waals surface area contributed by atoms with Gasteiger partial charge in [0.1, 0.15) is 5.39 Å². The summed E-state index contributed by atoms with van der Waals surface area (Å²) in [6, 6.07) is 0. The van der Waals surface area contributed by atoms with Crippen LogP contribution in [0.25, 0.3) is 11.0 Å². The number of esters is 1. The predicted octanol–water partition coefficient (Wildman–Crippen LogP) is 1.25. The van der Waals surface area contributed by atoms with Gasteiger partial charge in [0, 0.05) is 25.7 Å². The molecule has 1 N–H and O–H groups in total. The van der Waals surface area contributed by atoms with Crippen molar-refractivity contribution in [3.63, 3.8) is 0 Å². The molecular formula is C17H19N5O4S. The molecule has 27 heavy (non-hydrogen) atoms. The molecule has 0 aliphatic heterocycles. The van der Waals surface area contributed by atoms with Crippen molar-refractivity contribution in [2.24, 2.45) is 14.1 Å². The normalized spacial score (nSPS) is 11.0. The summed E-state index contributed by atoms with van der Waals surface area (Å²) < 4.78 is 7.30. The molecule has 142 valence electrons. The van der Waals surface area contributed by atoms with E-state index < -0.39 is 11.2 Å². The molecule has 0 saturated carbocycles. The first-order chi connectivity index (χ1) is 12.8. The lowest BCUT2D eigenvalue weighted by Crippen LogP contribution is -2.37. The van der Waals surface area contributed by atoms with Crippen molar-refractivity contribution >= 4 is 39.2 Å². The molecule has 0 aromatic carbocycles. The van der Waals surface area contributed by atoms with Crippen molar-refractivity contribution in [2.75, 3.05) is 11.9 Å². The number of hydrogen-bond donors (Lipinski definition) is 1. The van der Waals surface area contributed by atoms with Crippen molar-refractivity contribution in [2.45, 2.75) is 20.3 Å². The summed E-state index contributed by atoms with van der Waals surface area (Å²) in [5, 5.41) is 5.73. The minimum atomic E-state index is -0.444. The van der Waals surface area contributed by atoms with E-state index in [-0.39, 0.29) is 12.4 Å². The van der Waals surface area contributed by atoms with E-state index in [4.69, 9.17) is 4.74 Å². The SMILES string of the molecule is CCOC(=O)Cc1csc(Nc2c(C)cnc3c2c(=O)n(C)c(=O)n3C)n1. The third-order valence-electron chi connectivity index (χ3n) is 4.07. The summed E-state index contributed by atoms with van der Waals surface area (Å²) in [5.74, 6) is -0.344. The largest absolute Gasteiger partial charge is 0.466 e. The maximum absolute atomic E-state index is 12.7. The zero-order chi connectivity index (χ0) is 19.7. The number of fused-ring (bicyclic) bond motifs is 1. The highest BCUT2D eigenvalue weighted by molar-refractivity contribution is 7.13. The van der Waals surface area contributed by atoms with Crippen LogP contribution in [0.3, 0.4) is 0 Å². The molecule has 3 aromatic rings. The number of rotatable bonds is 5. The van der Waals surface area contributed by atoms with E-state index >= 15 is 0 Å². The number of aromatic nitrogens is 4. The summed E-state index contributed by atoms with van der Waals surface area (Å²) in [4.78, 5) is 45.0. The molecule has 0 aliphatic rings. The standard InChI is InChI=1S/C17H19N5O4S/c1-5-26-11(23)6-10-8-27-16(19-10)20-13-9(2)7-18-14-12(13)15(24)22(4)17(25)21(14)3/h7-8H,5-6H2,1-4H3,(H,18,19,20). The monoisotopic (exact) mass is 389 g/mol. The highest BCUT2D eigenvalue weighted by Crippen LogP contribution is 2.27. The van der Waals surface area contributed by atoms with Crippen LogP contribution in [0.5, 0.6) is 0 Å². The molecule has 0 atom stereocenters. The highest BCUT2D eigenvalue weighted by atomic mass is 32.1. The number of nitrogens with one attached hydrogen (secondary N) is 1. The number of anilines is 2. The Morgan fingerprint density at radius 2 is 2.04 bits per heavy atom. The van der Waals surface area contributed by atoms with Crippen LogP contribution in [0.15, 0.2) is 21.2 Å². The van der Waals surface area contributed by atoms with E-state index in [1.165, 1.54) is 23.0 Å². The van der Waals surface area contributed by atoms with E-state index in [0.717, 1.165) is 10.1 Å². The topological polar surface area (TPSA) is 108 Å². The minimum absolute atomic E-state index is 0.0817. The fourth-order valence-electron chi connectivity index (χ4n) is 2.70. The quantitative estimate of drug-likeness (QED) is 0.654. The van der Waals surface area contributed by atoms with E-state index in [1.54, 1.807) is 25.5 Å². The first-order valence-corrected chi connectivity index (χ1v) is 9.13. The van der Waals surface area contributed by atoms with Gasteiger partial charge in [-0.1, -0.05) is 0 Å². The van der Waals surface area contributed by atoms with Crippen LogP contribution in [0.1, 0.15) is 18.2 Å². The van der Waals surface area contributed by atoms with Gasteiger partial charge in [-0.3, -0.25) is 18.7 Å². The molecule has 9 nitrogen and oxygen atoms in total. The van der Waals surface area contributed by atoms with Gasteiger partial charge in [0.25, 0.3) is 5.56 Å². The van der Waals surface area contributed by atoms with Gasteiger partial charge >= 0.3 is 11.7 Å². The van der Waals surface area contributed by atoms with Gasteiger partial charge in [-0.05, 0) is 19.4 Å². The molecule has 0 bridgehead atoms. The summed E-state index contributed by atoms with van der Waals surface area (Å²) in [6.07, 6.45) is 1.68. The van der Waals surface area contributed by atoms with Crippen LogP contribution in [-0.4, -0.2) is 31.7 Å². The van der Waals surface area contributed by atoms with Gasteiger partial charge in [0.15, 0.2) is 10.8 Å². The Bertz CT molecular complexity index is 1140. The Kier molecular flexibility index (Phi) is 5.08. The Labute approximate surface area is 158 Å². The molecule has 0 fully saturated rings. The molecule has 0 amide bonds. The molecule has 0 saturated heterocycles. The average Bonchev–Trinajstić information content (AvgIpc) is 3.06. The van der Waals surface area contributed by atoms with Gasteiger partial charge in [-0.2, -0.15) is 0 Å². The molecule has 0 radical (unpaired) electrons. The van der Waals surface area contributed by atoms with Crippen LogP contribution in [-0.2, 0) is 30.0 Å². The van der Waals surface area contributed by atoms with Gasteiger partial charge < -0.3 is 10.1 Å². The molecule has 10 heteroatoms. The number of ether oxygens (including phenoxy) is 1. The number of thiazole rings is 1. The summed E-state index contributed by atoms with van der Waals surface area (Å²) in [5.41, 5.74) is 1.27. The third kappa shape index (κ3) is 3.47. The molecule has 3 aromatic heterocycles. The fourth-order valence-corrected chi connectivity index (χ4v) is 3.41. The Morgan fingerprint density at radius 3 is 2.74 bits per heavy atom. The lowest BCUT2D eigenvalue weighted by atomic mass is 10.2. The number of carbonyl (C=O) groups excluding carboxylic acids is 1. The average molecular weight is 389 g/mol. The number of hydrogen-bond acceptors (Lipinski definition) is 8. The van der Waals surface area contributed by atoms with E-state index in [2.05, 4.69) is 15.3 Å². The van der Waals surface area contributed by atoms with E-state index in [0.29, 0.717) is 34.2 Å². The van der Waals surface area contributed by atoms with Crippen molar-refractivity contribution in [1.82, 2.24) is 19.1 Å². The highest BCUT2D eigenvalue weighted by Gasteiger charge is 2.17. The second-order valence-electron chi connectivity index (χ2n) is 5.97. The fraction of sp³-hybridized carbons (Fsp3) is 0.353. The third-order valence-corrected chi connectivity index (χ3v) is 4.88. The summed E-state index contributed by atoms with van der Waals surface area (Å²) >= 11 is 1.31. The first-order valence-electron chi connectivity index (χ1n) is 8.25. The number of aryl methyl sites for hydroxylation is 2. The minimum Gasteiger partial charge on any atom is -0.466 e. The number of nitrogens with zero attached hydrogens (tertiary/aromatic N) is 4. The number of carbonyl (C=O) groups is 1. The van der Waals surface area contributed by atoms with Crippen molar-refractivity contribution in [3.8, 4) is 0 Å². The van der Waals surface area contributed by atoms with Gasteiger partial charge in [0.05, 0.1) is 24.4 Å². The smallest absolute Gasteiger partial charge is 0.332 e. The Balaban J connectivity index is 2.04. The second-order valence-corrected chi connectivity index (χ2v) is 6.83. The Morgan fingerprint density at radius 1 is 1.30 bits per heavy atom. The van der Waals surface area contributed by atoms with Crippen molar-refractivity contribution < 1.29 is 9.53 Å². The van der Waals surface area contributed by atoms with Crippen molar-refractivity contribution in [1.29, 1.82) is 0 Å². The molecular weight excluding hydrogens is 370 g/mol. The van der Waals surface area contributed by atoms with Crippen molar-refractivity contribution in [3.05, 3.63) is 43.7 Å². The summed E-state index contributed by atoms with van der Waals surface area (Å²) in [7, 11) is 2.99.